The van der Waals surface area contributed by atoms with Crippen LogP contribution in [0.15, 0.2) is 67.1 Å². The van der Waals surface area contributed by atoms with Crippen molar-refractivity contribution in [2.24, 2.45) is 0 Å². The van der Waals surface area contributed by atoms with Crippen LogP contribution in [0.1, 0.15) is 15.9 Å². The van der Waals surface area contributed by atoms with Crippen molar-refractivity contribution in [3.05, 3.63) is 84.1 Å². The fourth-order valence-electron chi connectivity index (χ4n) is 3.38. The van der Waals surface area contributed by atoms with Gasteiger partial charge in [-0.2, -0.15) is 0 Å². The predicted molar refractivity (Wildman–Crippen MR) is 110 cm³/mol. The summed E-state index contributed by atoms with van der Waals surface area (Å²) in [5.41, 5.74) is 2.10. The number of halogens is 1. The number of pyridine rings is 2. The lowest BCUT2D eigenvalue weighted by molar-refractivity contribution is 0.0950. The number of carbonyl (C=O) groups is 1. The Morgan fingerprint density at radius 1 is 0.966 bits per heavy atom. The fourth-order valence-corrected chi connectivity index (χ4v) is 3.38. The van der Waals surface area contributed by atoms with Gasteiger partial charge in [-0.3, -0.25) is 9.78 Å². The lowest BCUT2D eigenvalue weighted by Gasteiger charge is -2.36. The summed E-state index contributed by atoms with van der Waals surface area (Å²) in [4.78, 5) is 25.0. The van der Waals surface area contributed by atoms with E-state index in [1.54, 1.807) is 30.7 Å². The van der Waals surface area contributed by atoms with Crippen LogP contribution in [0.3, 0.4) is 0 Å². The molecule has 1 fully saturated rings. The molecule has 0 aliphatic carbocycles. The maximum Gasteiger partial charge on any atom is 0.253 e. The number of para-hydroxylation sites is 1. The summed E-state index contributed by atoms with van der Waals surface area (Å²) in [5, 5.41) is 2.87. The number of amides is 1. The summed E-state index contributed by atoms with van der Waals surface area (Å²) in [6, 6.07) is 14.2. The fraction of sp³-hybridized carbons (Fsp3) is 0.227. The standard InChI is InChI=1S/C22H22FN5O/c23-19-5-1-2-6-20(19)27-10-12-28(13-11-27)21-8-7-18(16-25-21)22(29)26-15-17-4-3-9-24-14-17/h1-9,14,16H,10-13,15H2,(H,26,29). The first-order valence-electron chi connectivity index (χ1n) is 9.58. The molecular weight excluding hydrogens is 369 g/mol. The number of hydrogen-bond donors (Lipinski definition) is 1. The number of nitrogens with one attached hydrogen (secondary N) is 1. The molecule has 6 nitrogen and oxygen atoms in total. The van der Waals surface area contributed by atoms with Crippen molar-refractivity contribution in [3.8, 4) is 0 Å². The Kier molecular flexibility index (Phi) is 5.65. The molecule has 1 aromatic carbocycles. The van der Waals surface area contributed by atoms with Crippen LogP contribution in [-0.2, 0) is 6.54 Å². The van der Waals surface area contributed by atoms with Gasteiger partial charge in [-0.1, -0.05) is 18.2 Å². The zero-order valence-electron chi connectivity index (χ0n) is 16.0. The quantitative estimate of drug-likeness (QED) is 0.725. The molecule has 1 saturated heterocycles. The van der Waals surface area contributed by atoms with E-state index in [1.165, 1.54) is 6.07 Å². The van der Waals surface area contributed by atoms with Crippen molar-refractivity contribution < 1.29 is 9.18 Å². The SMILES string of the molecule is O=C(NCc1cccnc1)c1ccc(N2CCN(c3ccccc3F)CC2)nc1. The average Bonchev–Trinajstić information content (AvgIpc) is 2.79. The molecule has 0 spiro atoms. The molecule has 1 aliphatic rings. The minimum Gasteiger partial charge on any atom is -0.366 e. The van der Waals surface area contributed by atoms with E-state index in [9.17, 15) is 9.18 Å². The number of rotatable bonds is 5. The van der Waals surface area contributed by atoms with Crippen LogP contribution >= 0.6 is 0 Å². The Morgan fingerprint density at radius 2 is 1.76 bits per heavy atom. The smallest absolute Gasteiger partial charge is 0.253 e. The zero-order chi connectivity index (χ0) is 20.1. The Morgan fingerprint density at radius 3 is 2.45 bits per heavy atom. The molecule has 3 heterocycles. The molecule has 1 amide bonds. The molecule has 148 valence electrons. The topological polar surface area (TPSA) is 61.4 Å². The second-order valence-electron chi connectivity index (χ2n) is 6.87. The van der Waals surface area contributed by atoms with Gasteiger partial charge < -0.3 is 15.1 Å². The Hall–Kier alpha value is -3.48. The highest BCUT2D eigenvalue weighted by Crippen LogP contribution is 2.22. The summed E-state index contributed by atoms with van der Waals surface area (Å²) in [6.07, 6.45) is 5.02. The van der Waals surface area contributed by atoms with E-state index in [4.69, 9.17) is 0 Å². The predicted octanol–water partition coefficient (Wildman–Crippen LogP) is 2.87. The third kappa shape index (κ3) is 4.51. The van der Waals surface area contributed by atoms with Gasteiger partial charge in [-0.15, -0.1) is 0 Å². The van der Waals surface area contributed by atoms with Gasteiger partial charge in [-0.05, 0) is 35.9 Å². The number of hydrogen-bond acceptors (Lipinski definition) is 5. The van der Waals surface area contributed by atoms with E-state index in [0.717, 1.165) is 37.6 Å². The molecule has 2 aromatic heterocycles. The van der Waals surface area contributed by atoms with Gasteiger partial charge in [0.25, 0.3) is 5.91 Å². The van der Waals surface area contributed by atoms with E-state index in [0.29, 0.717) is 17.8 Å². The summed E-state index contributed by atoms with van der Waals surface area (Å²) in [7, 11) is 0. The van der Waals surface area contributed by atoms with Crippen LogP contribution in [0.25, 0.3) is 0 Å². The minimum atomic E-state index is -0.194. The summed E-state index contributed by atoms with van der Waals surface area (Å²) >= 11 is 0. The van der Waals surface area contributed by atoms with Crippen molar-refractivity contribution in [2.45, 2.75) is 6.54 Å². The number of anilines is 2. The van der Waals surface area contributed by atoms with Gasteiger partial charge in [0, 0.05) is 51.3 Å². The first kappa shape index (κ1) is 18.9. The highest BCUT2D eigenvalue weighted by molar-refractivity contribution is 5.94. The lowest BCUT2D eigenvalue weighted by atomic mass is 10.2. The van der Waals surface area contributed by atoms with E-state index < -0.39 is 0 Å². The second-order valence-corrected chi connectivity index (χ2v) is 6.87. The molecule has 0 radical (unpaired) electrons. The monoisotopic (exact) mass is 391 g/mol. The van der Waals surface area contributed by atoms with Crippen LogP contribution in [0.4, 0.5) is 15.9 Å². The van der Waals surface area contributed by atoms with Crippen molar-refractivity contribution in [1.82, 2.24) is 15.3 Å². The maximum atomic E-state index is 14.0. The van der Waals surface area contributed by atoms with Crippen LogP contribution in [0, 0.1) is 5.82 Å². The molecule has 0 bridgehead atoms. The number of benzene rings is 1. The minimum absolute atomic E-state index is 0.169. The van der Waals surface area contributed by atoms with E-state index >= 15 is 0 Å². The van der Waals surface area contributed by atoms with Crippen LogP contribution in [0.5, 0.6) is 0 Å². The Labute approximate surface area is 169 Å². The summed E-state index contributed by atoms with van der Waals surface area (Å²) in [5.74, 6) is 0.458. The maximum absolute atomic E-state index is 14.0. The Bertz CT molecular complexity index is 956. The molecule has 7 heteroatoms. The molecule has 0 atom stereocenters. The molecule has 3 aromatic rings. The largest absolute Gasteiger partial charge is 0.366 e. The molecule has 4 rings (SSSR count). The van der Waals surface area contributed by atoms with Crippen LogP contribution in [-0.4, -0.2) is 42.1 Å². The van der Waals surface area contributed by atoms with Gasteiger partial charge in [0.2, 0.25) is 0 Å². The Balaban J connectivity index is 1.32. The normalized spacial score (nSPS) is 14.0. The van der Waals surface area contributed by atoms with E-state index in [1.807, 2.05) is 35.2 Å². The molecule has 0 saturated carbocycles. The number of aromatic nitrogens is 2. The highest BCUT2D eigenvalue weighted by atomic mass is 19.1. The number of carbonyl (C=O) groups excluding carboxylic acids is 1. The number of piperazine rings is 1. The number of nitrogens with zero attached hydrogens (tertiary/aromatic N) is 4. The summed E-state index contributed by atoms with van der Waals surface area (Å²) < 4.78 is 14.0. The van der Waals surface area contributed by atoms with Gasteiger partial charge in [-0.25, -0.2) is 9.37 Å². The third-order valence-electron chi connectivity index (χ3n) is 4.98. The molecular formula is C22H22FN5O. The average molecular weight is 391 g/mol. The molecule has 29 heavy (non-hydrogen) atoms. The van der Waals surface area contributed by atoms with Gasteiger partial charge >= 0.3 is 0 Å². The van der Waals surface area contributed by atoms with Crippen molar-refractivity contribution in [2.75, 3.05) is 36.0 Å². The molecule has 1 aliphatic heterocycles. The van der Waals surface area contributed by atoms with Gasteiger partial charge in [0.15, 0.2) is 0 Å². The summed E-state index contributed by atoms with van der Waals surface area (Å²) in [6.45, 7) is 3.35. The first-order valence-corrected chi connectivity index (χ1v) is 9.58. The highest BCUT2D eigenvalue weighted by Gasteiger charge is 2.20. The zero-order valence-corrected chi connectivity index (χ0v) is 16.0. The van der Waals surface area contributed by atoms with Crippen molar-refractivity contribution in [1.29, 1.82) is 0 Å². The first-order chi connectivity index (χ1) is 14.2. The van der Waals surface area contributed by atoms with Gasteiger partial charge in [0.05, 0.1) is 11.3 Å². The van der Waals surface area contributed by atoms with E-state index in [2.05, 4.69) is 20.2 Å². The second kappa shape index (κ2) is 8.68. The third-order valence-corrected chi connectivity index (χ3v) is 4.98. The molecule has 1 N–H and O–H groups in total. The molecule has 0 unspecified atom stereocenters. The van der Waals surface area contributed by atoms with Crippen LogP contribution < -0.4 is 15.1 Å². The van der Waals surface area contributed by atoms with Crippen molar-refractivity contribution in [3.63, 3.8) is 0 Å². The van der Waals surface area contributed by atoms with Crippen molar-refractivity contribution >= 4 is 17.4 Å². The van der Waals surface area contributed by atoms with Gasteiger partial charge in [0.1, 0.15) is 11.6 Å². The van der Waals surface area contributed by atoms with Crippen LogP contribution in [0.2, 0.25) is 0 Å². The van der Waals surface area contributed by atoms with E-state index in [-0.39, 0.29) is 11.7 Å². The lowest BCUT2D eigenvalue weighted by Crippen LogP contribution is -2.47.